The molecule has 0 N–H and O–H groups in total. The number of hydrogen-bond donors (Lipinski definition) is 0. The maximum atomic E-state index is 12.1. The van der Waals surface area contributed by atoms with E-state index in [1.54, 1.807) is 6.92 Å². The Morgan fingerprint density at radius 1 is 1.12 bits per heavy atom. The van der Waals surface area contributed by atoms with Crippen LogP contribution in [0.15, 0.2) is 60.2 Å². The van der Waals surface area contributed by atoms with Crippen LogP contribution in [0.3, 0.4) is 0 Å². The molecule has 0 saturated heterocycles. The summed E-state index contributed by atoms with van der Waals surface area (Å²) in [4.78, 5) is 23.9. The molecule has 2 rings (SSSR count). The van der Waals surface area contributed by atoms with Crippen LogP contribution in [0.25, 0.3) is 5.57 Å². The monoisotopic (exact) mass is 224 g/mol. The molecule has 84 valence electrons. The number of hydrogen-bond acceptors (Lipinski definition) is 2. The number of ketones is 2. The van der Waals surface area contributed by atoms with E-state index in [2.05, 4.69) is 6.58 Å². The van der Waals surface area contributed by atoms with Gasteiger partial charge in [0.1, 0.15) is 0 Å². The lowest BCUT2D eigenvalue weighted by atomic mass is 9.86. The van der Waals surface area contributed by atoms with E-state index in [1.807, 2.05) is 30.3 Å². The summed E-state index contributed by atoms with van der Waals surface area (Å²) in [5, 5.41) is 0. The molecule has 1 aliphatic carbocycles. The Morgan fingerprint density at radius 3 is 2.35 bits per heavy atom. The minimum absolute atomic E-state index is 0.106. The Balaban J connectivity index is 2.66. The average molecular weight is 224 g/mol. The zero-order valence-electron chi connectivity index (χ0n) is 9.57. The fraction of sp³-hybridized carbons (Fsp3) is 0.0667. The summed E-state index contributed by atoms with van der Waals surface area (Å²) in [6.07, 6.45) is 2.82. The van der Waals surface area contributed by atoms with Gasteiger partial charge in [0.2, 0.25) is 0 Å². The number of carbonyl (C=O) groups excluding carboxylic acids is 2. The van der Waals surface area contributed by atoms with E-state index in [0.29, 0.717) is 16.7 Å². The molecule has 1 aliphatic rings. The SMILES string of the molecule is C=CC1=C(c2ccccc2)C(=O)C(C)=CC1=O. The van der Waals surface area contributed by atoms with Gasteiger partial charge in [-0.25, -0.2) is 0 Å². The first-order valence-corrected chi connectivity index (χ1v) is 5.34. The van der Waals surface area contributed by atoms with Gasteiger partial charge in [-0.05, 0) is 18.6 Å². The predicted molar refractivity (Wildman–Crippen MR) is 67.3 cm³/mol. The Morgan fingerprint density at radius 2 is 1.76 bits per heavy atom. The van der Waals surface area contributed by atoms with Crippen LogP contribution < -0.4 is 0 Å². The maximum absolute atomic E-state index is 12.1. The fourth-order valence-corrected chi connectivity index (χ4v) is 1.88. The van der Waals surface area contributed by atoms with Gasteiger partial charge >= 0.3 is 0 Å². The van der Waals surface area contributed by atoms with Crippen LogP contribution in [-0.4, -0.2) is 11.6 Å². The van der Waals surface area contributed by atoms with Crippen molar-refractivity contribution in [2.45, 2.75) is 6.92 Å². The summed E-state index contributed by atoms with van der Waals surface area (Å²) in [5.74, 6) is -0.262. The summed E-state index contributed by atoms with van der Waals surface area (Å²) >= 11 is 0. The number of Topliss-reactive ketones (excluding diaryl/α,β-unsaturated/α-hetero) is 1. The van der Waals surface area contributed by atoms with E-state index in [-0.39, 0.29) is 11.6 Å². The zero-order chi connectivity index (χ0) is 12.4. The molecule has 0 atom stereocenters. The molecule has 2 nitrogen and oxygen atoms in total. The molecule has 0 heterocycles. The number of allylic oxidation sites excluding steroid dienone is 5. The molecular weight excluding hydrogens is 212 g/mol. The van der Waals surface area contributed by atoms with E-state index in [9.17, 15) is 9.59 Å². The van der Waals surface area contributed by atoms with Crippen LogP contribution in [0, 0.1) is 0 Å². The molecule has 0 saturated carbocycles. The van der Waals surface area contributed by atoms with Gasteiger partial charge in [-0.15, -0.1) is 0 Å². The fourth-order valence-electron chi connectivity index (χ4n) is 1.88. The van der Waals surface area contributed by atoms with Crippen molar-refractivity contribution in [1.29, 1.82) is 0 Å². The topological polar surface area (TPSA) is 34.1 Å². The van der Waals surface area contributed by atoms with Gasteiger partial charge in [-0.3, -0.25) is 9.59 Å². The molecule has 1 aromatic carbocycles. The molecule has 0 amide bonds. The molecule has 0 fully saturated rings. The highest BCUT2D eigenvalue weighted by Gasteiger charge is 2.25. The van der Waals surface area contributed by atoms with Gasteiger partial charge < -0.3 is 0 Å². The van der Waals surface area contributed by atoms with Crippen LogP contribution in [0.2, 0.25) is 0 Å². The van der Waals surface area contributed by atoms with Crippen molar-refractivity contribution >= 4 is 17.1 Å². The Labute approximate surface area is 100.0 Å². The Kier molecular flexibility index (Phi) is 2.88. The van der Waals surface area contributed by atoms with Gasteiger partial charge in [0.15, 0.2) is 11.6 Å². The van der Waals surface area contributed by atoms with Crippen LogP contribution in [-0.2, 0) is 9.59 Å². The second-order valence-corrected chi connectivity index (χ2v) is 3.88. The van der Waals surface area contributed by atoms with Gasteiger partial charge in [0.05, 0.1) is 0 Å². The van der Waals surface area contributed by atoms with Gasteiger partial charge in [0, 0.05) is 16.7 Å². The molecule has 0 aliphatic heterocycles. The quantitative estimate of drug-likeness (QED) is 0.724. The number of benzene rings is 1. The molecule has 0 unspecified atom stereocenters. The lowest BCUT2D eigenvalue weighted by Gasteiger charge is -2.15. The number of rotatable bonds is 2. The predicted octanol–water partition coefficient (Wildman–Crippen LogP) is 2.72. The smallest absolute Gasteiger partial charge is 0.190 e. The second kappa shape index (κ2) is 4.34. The molecule has 17 heavy (non-hydrogen) atoms. The highest BCUT2D eigenvalue weighted by molar-refractivity contribution is 6.38. The van der Waals surface area contributed by atoms with E-state index < -0.39 is 0 Å². The standard InChI is InChI=1S/C15H12O2/c1-3-12-13(16)9-10(2)15(17)14(12)11-7-5-4-6-8-11/h3-9H,1H2,2H3. The summed E-state index contributed by atoms with van der Waals surface area (Å²) < 4.78 is 0. The number of carbonyl (C=O) groups is 2. The molecule has 2 heteroatoms. The summed E-state index contributed by atoms with van der Waals surface area (Å²) in [6.45, 7) is 5.27. The zero-order valence-corrected chi connectivity index (χ0v) is 9.57. The normalized spacial score (nSPS) is 15.9. The van der Waals surface area contributed by atoms with Gasteiger partial charge in [-0.1, -0.05) is 43.0 Å². The third-order valence-electron chi connectivity index (χ3n) is 2.73. The second-order valence-electron chi connectivity index (χ2n) is 3.88. The first-order valence-electron chi connectivity index (χ1n) is 5.34. The Hall–Kier alpha value is -2.22. The first kappa shape index (κ1) is 11.3. The average Bonchev–Trinajstić information content (AvgIpc) is 2.34. The molecule has 0 radical (unpaired) electrons. The molecular formula is C15H12O2. The summed E-state index contributed by atoms with van der Waals surface area (Å²) in [7, 11) is 0. The van der Waals surface area contributed by atoms with Crippen LogP contribution in [0.1, 0.15) is 12.5 Å². The van der Waals surface area contributed by atoms with Crippen LogP contribution in [0.5, 0.6) is 0 Å². The molecule has 1 aromatic rings. The van der Waals surface area contributed by atoms with E-state index in [4.69, 9.17) is 0 Å². The summed E-state index contributed by atoms with van der Waals surface area (Å²) in [5.41, 5.74) is 2.06. The van der Waals surface area contributed by atoms with E-state index in [1.165, 1.54) is 12.2 Å². The molecule has 0 aromatic heterocycles. The minimum Gasteiger partial charge on any atom is -0.289 e. The van der Waals surface area contributed by atoms with E-state index in [0.717, 1.165) is 5.56 Å². The van der Waals surface area contributed by atoms with Crippen LogP contribution in [0.4, 0.5) is 0 Å². The van der Waals surface area contributed by atoms with Crippen molar-refractivity contribution in [1.82, 2.24) is 0 Å². The third-order valence-corrected chi connectivity index (χ3v) is 2.73. The highest BCUT2D eigenvalue weighted by atomic mass is 16.1. The van der Waals surface area contributed by atoms with Crippen molar-refractivity contribution in [2.75, 3.05) is 0 Å². The van der Waals surface area contributed by atoms with Crippen molar-refractivity contribution in [3.63, 3.8) is 0 Å². The largest absolute Gasteiger partial charge is 0.289 e. The highest BCUT2D eigenvalue weighted by Crippen LogP contribution is 2.28. The minimum atomic E-state index is -0.157. The van der Waals surface area contributed by atoms with E-state index >= 15 is 0 Å². The van der Waals surface area contributed by atoms with Crippen LogP contribution >= 0.6 is 0 Å². The molecule has 0 spiro atoms. The third kappa shape index (κ3) is 1.89. The maximum Gasteiger partial charge on any atom is 0.190 e. The molecule has 0 bridgehead atoms. The van der Waals surface area contributed by atoms with Crippen molar-refractivity contribution in [2.24, 2.45) is 0 Å². The van der Waals surface area contributed by atoms with Crippen molar-refractivity contribution in [3.05, 3.63) is 65.8 Å². The summed E-state index contributed by atoms with van der Waals surface area (Å²) in [6, 6.07) is 9.20. The Bertz CT molecular complexity index is 560. The van der Waals surface area contributed by atoms with Crippen molar-refractivity contribution < 1.29 is 9.59 Å². The lowest BCUT2D eigenvalue weighted by Crippen LogP contribution is -2.16. The van der Waals surface area contributed by atoms with Crippen molar-refractivity contribution in [3.8, 4) is 0 Å². The van der Waals surface area contributed by atoms with Gasteiger partial charge in [0.25, 0.3) is 0 Å². The van der Waals surface area contributed by atoms with Gasteiger partial charge in [-0.2, -0.15) is 0 Å². The first-order chi connectivity index (χ1) is 8.15. The lowest BCUT2D eigenvalue weighted by molar-refractivity contribution is -0.114.